The third kappa shape index (κ3) is 4.86. The quantitative estimate of drug-likeness (QED) is 0.683. The minimum absolute atomic E-state index is 0.0979. The number of thioether (sulfide) groups is 1. The van der Waals surface area contributed by atoms with E-state index >= 15 is 0 Å². The molecule has 1 aliphatic heterocycles. The Hall–Kier alpha value is -2.35. The van der Waals surface area contributed by atoms with Gasteiger partial charge in [0.15, 0.2) is 11.0 Å². The molecule has 2 amide bonds. The van der Waals surface area contributed by atoms with Crippen LogP contribution in [-0.2, 0) is 16.1 Å². The molecule has 1 unspecified atom stereocenters. The molecular formula is C22H31N5O2S. The second-order valence-electron chi connectivity index (χ2n) is 8.20. The molecule has 3 rings (SSSR count). The van der Waals surface area contributed by atoms with E-state index in [1.807, 2.05) is 17.0 Å². The molecule has 1 aromatic heterocycles. The number of piperidine rings is 1. The molecule has 30 heavy (non-hydrogen) atoms. The highest BCUT2D eigenvalue weighted by Crippen LogP contribution is 2.32. The zero-order chi connectivity index (χ0) is 21.8. The molecule has 0 saturated carbocycles. The van der Waals surface area contributed by atoms with Crippen molar-refractivity contribution in [2.45, 2.75) is 57.5 Å². The van der Waals surface area contributed by atoms with Crippen molar-refractivity contribution in [3.05, 3.63) is 29.8 Å². The van der Waals surface area contributed by atoms with Crippen molar-refractivity contribution in [2.24, 2.45) is 17.6 Å². The first-order valence-electron chi connectivity index (χ1n) is 10.6. The Morgan fingerprint density at radius 1 is 1.23 bits per heavy atom. The molecule has 1 atom stereocenters. The van der Waals surface area contributed by atoms with E-state index in [2.05, 4.69) is 54.6 Å². The van der Waals surface area contributed by atoms with Crippen molar-refractivity contribution in [1.82, 2.24) is 19.7 Å². The number of hydrogen-bond donors (Lipinski definition) is 1. The van der Waals surface area contributed by atoms with Crippen molar-refractivity contribution in [1.29, 1.82) is 0 Å². The Morgan fingerprint density at radius 3 is 2.50 bits per heavy atom. The van der Waals surface area contributed by atoms with E-state index in [0.29, 0.717) is 25.9 Å². The van der Waals surface area contributed by atoms with E-state index in [1.54, 1.807) is 0 Å². The van der Waals surface area contributed by atoms with Crippen LogP contribution in [0.2, 0.25) is 0 Å². The van der Waals surface area contributed by atoms with Crippen LogP contribution in [-0.4, -0.2) is 49.8 Å². The third-order valence-corrected chi connectivity index (χ3v) is 7.11. The summed E-state index contributed by atoms with van der Waals surface area (Å²) in [7, 11) is 0. The monoisotopic (exact) mass is 429 g/mol. The number of aromatic nitrogens is 3. The lowest BCUT2D eigenvalue weighted by molar-refractivity contribution is -0.135. The highest BCUT2D eigenvalue weighted by molar-refractivity contribution is 8.00. The van der Waals surface area contributed by atoms with Gasteiger partial charge < -0.3 is 15.2 Å². The van der Waals surface area contributed by atoms with Gasteiger partial charge >= 0.3 is 0 Å². The Kier molecular flexibility index (Phi) is 7.18. The minimum Gasteiger partial charge on any atom is -0.369 e. The number of nitrogens with two attached hydrogens (primary N) is 1. The molecule has 2 aromatic rings. The first kappa shape index (κ1) is 22.3. The number of rotatable bonds is 7. The number of carbonyl (C=O) groups is 2. The van der Waals surface area contributed by atoms with Gasteiger partial charge in [-0.3, -0.25) is 9.59 Å². The zero-order valence-corrected chi connectivity index (χ0v) is 19.0. The summed E-state index contributed by atoms with van der Waals surface area (Å²) in [6.45, 7) is 10.1. The van der Waals surface area contributed by atoms with Crippen molar-refractivity contribution >= 4 is 23.6 Å². The average Bonchev–Trinajstić information content (AvgIpc) is 3.14. The molecule has 1 saturated heterocycles. The van der Waals surface area contributed by atoms with Gasteiger partial charge in [-0.05, 0) is 38.7 Å². The second-order valence-corrected chi connectivity index (χ2v) is 9.31. The lowest BCUT2D eigenvalue weighted by Crippen LogP contribution is -2.46. The summed E-state index contributed by atoms with van der Waals surface area (Å²) < 4.78 is 2.07. The fourth-order valence-corrected chi connectivity index (χ4v) is 4.99. The summed E-state index contributed by atoms with van der Waals surface area (Å²) >= 11 is 1.48. The van der Waals surface area contributed by atoms with Crippen LogP contribution in [0.25, 0.3) is 11.4 Å². The van der Waals surface area contributed by atoms with Gasteiger partial charge in [-0.1, -0.05) is 49.4 Å². The predicted octanol–water partition coefficient (Wildman–Crippen LogP) is 3.11. The number of primary amides is 1. The number of aryl methyl sites for hydroxylation is 1. The first-order valence-corrected chi connectivity index (χ1v) is 11.4. The maximum Gasteiger partial charge on any atom is 0.236 e. The highest BCUT2D eigenvalue weighted by atomic mass is 32.2. The van der Waals surface area contributed by atoms with Gasteiger partial charge in [0, 0.05) is 31.1 Å². The van der Waals surface area contributed by atoms with E-state index in [4.69, 9.17) is 5.73 Å². The van der Waals surface area contributed by atoms with Gasteiger partial charge in [-0.15, -0.1) is 10.2 Å². The standard InChI is InChI=1S/C22H31N5O2S/c1-5-27-20(17-8-6-7-15(4)13-17)24-25-22(27)30-18(14(2)3)21(29)26-11-9-16(10-12-26)19(23)28/h6-8,13-14,16,18H,5,9-12H2,1-4H3,(H2,23,28). The van der Waals surface area contributed by atoms with E-state index in [1.165, 1.54) is 17.3 Å². The van der Waals surface area contributed by atoms with Crippen LogP contribution in [0, 0.1) is 18.8 Å². The average molecular weight is 430 g/mol. The Labute approximate surface area is 182 Å². The maximum absolute atomic E-state index is 13.3. The van der Waals surface area contributed by atoms with Crippen LogP contribution in [0.15, 0.2) is 29.4 Å². The molecule has 162 valence electrons. The van der Waals surface area contributed by atoms with Gasteiger partial charge in [0.1, 0.15) is 0 Å². The zero-order valence-electron chi connectivity index (χ0n) is 18.2. The predicted molar refractivity (Wildman–Crippen MR) is 119 cm³/mol. The summed E-state index contributed by atoms with van der Waals surface area (Å²) in [5, 5.41) is 9.35. The lowest BCUT2D eigenvalue weighted by atomic mass is 9.95. The van der Waals surface area contributed by atoms with Crippen LogP contribution in [0.4, 0.5) is 0 Å². The molecule has 2 N–H and O–H groups in total. The number of likely N-dealkylation sites (tertiary alicyclic amines) is 1. The summed E-state index contributed by atoms with van der Waals surface area (Å²) in [5.74, 6) is 0.665. The number of nitrogens with zero attached hydrogens (tertiary/aromatic N) is 4. The second kappa shape index (κ2) is 9.64. The Morgan fingerprint density at radius 2 is 1.93 bits per heavy atom. The largest absolute Gasteiger partial charge is 0.369 e. The van der Waals surface area contributed by atoms with Crippen LogP contribution >= 0.6 is 11.8 Å². The maximum atomic E-state index is 13.3. The summed E-state index contributed by atoms with van der Waals surface area (Å²) in [5.41, 5.74) is 7.62. The Balaban J connectivity index is 1.79. The molecule has 0 radical (unpaired) electrons. The summed E-state index contributed by atoms with van der Waals surface area (Å²) in [6.07, 6.45) is 1.28. The van der Waals surface area contributed by atoms with Gasteiger partial charge in [0.2, 0.25) is 11.8 Å². The molecule has 1 aromatic carbocycles. The van der Waals surface area contributed by atoms with Crippen molar-refractivity contribution in [2.75, 3.05) is 13.1 Å². The molecule has 0 bridgehead atoms. The van der Waals surface area contributed by atoms with Gasteiger partial charge in [-0.2, -0.15) is 0 Å². The summed E-state index contributed by atoms with van der Waals surface area (Å²) in [6, 6.07) is 8.20. The van der Waals surface area contributed by atoms with Crippen molar-refractivity contribution in [3.8, 4) is 11.4 Å². The topological polar surface area (TPSA) is 94.1 Å². The van der Waals surface area contributed by atoms with E-state index in [9.17, 15) is 9.59 Å². The molecular weight excluding hydrogens is 398 g/mol. The first-order chi connectivity index (χ1) is 14.3. The number of benzene rings is 1. The van der Waals surface area contributed by atoms with Gasteiger partial charge in [0.25, 0.3) is 0 Å². The third-order valence-electron chi connectivity index (χ3n) is 5.60. The lowest BCUT2D eigenvalue weighted by Gasteiger charge is -2.34. The SMILES string of the molecule is CCn1c(SC(C(=O)N2CCC(C(N)=O)CC2)C(C)C)nnc1-c1cccc(C)c1. The van der Waals surface area contributed by atoms with Crippen LogP contribution in [0.3, 0.4) is 0 Å². The number of carbonyl (C=O) groups excluding carboxylic acids is 2. The highest BCUT2D eigenvalue weighted by Gasteiger charge is 2.33. The van der Waals surface area contributed by atoms with Crippen LogP contribution in [0.1, 0.15) is 39.2 Å². The summed E-state index contributed by atoms with van der Waals surface area (Å²) in [4.78, 5) is 26.6. The van der Waals surface area contributed by atoms with Gasteiger partial charge in [0.05, 0.1) is 5.25 Å². The Bertz CT molecular complexity index is 903. The molecule has 0 aliphatic carbocycles. The van der Waals surface area contributed by atoms with E-state index in [0.717, 1.165) is 23.1 Å². The van der Waals surface area contributed by atoms with Gasteiger partial charge in [-0.25, -0.2) is 0 Å². The minimum atomic E-state index is -0.267. The molecule has 1 aliphatic rings. The molecule has 1 fully saturated rings. The molecule has 2 heterocycles. The number of hydrogen-bond acceptors (Lipinski definition) is 5. The molecule has 7 nitrogen and oxygen atoms in total. The normalized spacial score (nSPS) is 16.1. The molecule has 8 heteroatoms. The fraction of sp³-hybridized carbons (Fsp3) is 0.545. The smallest absolute Gasteiger partial charge is 0.236 e. The van der Waals surface area contributed by atoms with Crippen LogP contribution < -0.4 is 5.73 Å². The molecule has 0 spiro atoms. The van der Waals surface area contributed by atoms with Crippen LogP contribution in [0.5, 0.6) is 0 Å². The van der Waals surface area contributed by atoms with E-state index in [-0.39, 0.29) is 28.9 Å². The van der Waals surface area contributed by atoms with Crippen molar-refractivity contribution in [3.63, 3.8) is 0 Å². The number of amides is 2. The van der Waals surface area contributed by atoms with Crippen molar-refractivity contribution < 1.29 is 9.59 Å². The fourth-order valence-electron chi connectivity index (χ4n) is 3.81. The van der Waals surface area contributed by atoms with E-state index < -0.39 is 0 Å².